The van der Waals surface area contributed by atoms with Crippen LogP contribution in [-0.4, -0.2) is 15.3 Å². The summed E-state index contributed by atoms with van der Waals surface area (Å²) in [5, 5.41) is 0. The lowest BCUT2D eigenvalue weighted by atomic mass is 10.1. The maximum Gasteiger partial charge on any atom is 0.182 e. The number of pyridine rings is 1. The van der Waals surface area contributed by atoms with Gasteiger partial charge in [0.2, 0.25) is 0 Å². The zero-order valence-electron chi connectivity index (χ0n) is 11.6. The minimum absolute atomic E-state index is 0.0985. The van der Waals surface area contributed by atoms with Crippen molar-refractivity contribution in [3.8, 4) is 11.4 Å². The summed E-state index contributed by atoms with van der Waals surface area (Å²) >= 11 is 0. The molecular formula is C17H16N2O. The zero-order chi connectivity index (χ0) is 14.1. The van der Waals surface area contributed by atoms with Gasteiger partial charge in [-0.05, 0) is 31.5 Å². The first kappa shape index (κ1) is 12.6. The zero-order valence-corrected chi connectivity index (χ0v) is 11.6. The van der Waals surface area contributed by atoms with Crippen molar-refractivity contribution in [2.24, 2.45) is 0 Å². The lowest BCUT2D eigenvalue weighted by Crippen LogP contribution is -2.12. The summed E-state index contributed by atoms with van der Waals surface area (Å²) < 4.78 is 1.92. The smallest absolute Gasteiger partial charge is 0.182 e. The van der Waals surface area contributed by atoms with Crippen LogP contribution in [0.3, 0.4) is 0 Å². The maximum atomic E-state index is 12.3. The van der Waals surface area contributed by atoms with Gasteiger partial charge in [0.15, 0.2) is 5.78 Å². The molecule has 3 nitrogen and oxygen atoms in total. The van der Waals surface area contributed by atoms with Gasteiger partial charge in [-0.3, -0.25) is 4.79 Å². The summed E-state index contributed by atoms with van der Waals surface area (Å²) in [5.41, 5.74) is 4.05. The van der Waals surface area contributed by atoms with E-state index in [0.717, 1.165) is 22.6 Å². The van der Waals surface area contributed by atoms with Crippen molar-refractivity contribution in [1.82, 2.24) is 9.55 Å². The van der Waals surface area contributed by atoms with Crippen LogP contribution >= 0.6 is 0 Å². The monoisotopic (exact) mass is 264 g/mol. The molecule has 2 aliphatic heterocycles. The van der Waals surface area contributed by atoms with Crippen LogP contribution in [0.2, 0.25) is 0 Å². The van der Waals surface area contributed by atoms with Gasteiger partial charge in [-0.1, -0.05) is 30.3 Å². The van der Waals surface area contributed by atoms with Crippen LogP contribution in [0.25, 0.3) is 11.4 Å². The van der Waals surface area contributed by atoms with Crippen molar-refractivity contribution in [3.05, 3.63) is 65.5 Å². The van der Waals surface area contributed by atoms with Gasteiger partial charge in [0.05, 0.1) is 6.54 Å². The van der Waals surface area contributed by atoms with Gasteiger partial charge >= 0.3 is 0 Å². The lowest BCUT2D eigenvalue weighted by molar-refractivity contribution is 0.0972. The normalized spacial score (nSPS) is 10.9. The number of benzene rings is 1. The topological polar surface area (TPSA) is 34.9 Å². The Morgan fingerprint density at radius 1 is 1.10 bits per heavy atom. The van der Waals surface area contributed by atoms with Crippen LogP contribution in [0.5, 0.6) is 0 Å². The SMILES string of the molecule is Cc1nc2n(CC(=O)c3ccccc3)cccc-2c1C. The van der Waals surface area contributed by atoms with Crippen molar-refractivity contribution >= 4 is 5.78 Å². The number of hydrogen-bond donors (Lipinski definition) is 0. The van der Waals surface area contributed by atoms with Crippen LogP contribution in [0.1, 0.15) is 21.6 Å². The molecule has 2 aliphatic rings. The molecule has 0 unspecified atom stereocenters. The van der Waals surface area contributed by atoms with E-state index in [0.29, 0.717) is 6.54 Å². The van der Waals surface area contributed by atoms with E-state index >= 15 is 0 Å². The quantitative estimate of drug-likeness (QED) is 0.679. The first-order valence-electron chi connectivity index (χ1n) is 6.67. The van der Waals surface area contributed by atoms with E-state index in [2.05, 4.69) is 11.9 Å². The van der Waals surface area contributed by atoms with E-state index in [1.807, 2.05) is 60.2 Å². The number of rotatable bonds is 3. The Hall–Kier alpha value is -2.42. The van der Waals surface area contributed by atoms with Crippen molar-refractivity contribution in [2.45, 2.75) is 20.4 Å². The molecule has 0 saturated carbocycles. The van der Waals surface area contributed by atoms with Gasteiger partial charge in [0.25, 0.3) is 0 Å². The minimum Gasteiger partial charge on any atom is -0.325 e. The van der Waals surface area contributed by atoms with Gasteiger partial charge in [-0.2, -0.15) is 0 Å². The molecule has 0 aromatic heterocycles. The van der Waals surface area contributed by atoms with Crippen LogP contribution in [0.4, 0.5) is 0 Å². The molecule has 3 heteroatoms. The number of fused-ring (bicyclic) bond motifs is 1. The van der Waals surface area contributed by atoms with Crippen molar-refractivity contribution in [1.29, 1.82) is 0 Å². The molecule has 3 rings (SSSR count). The van der Waals surface area contributed by atoms with E-state index in [1.165, 1.54) is 5.56 Å². The number of Topliss-reactive ketones (excluding diaryl/α,β-unsaturated/α-hetero) is 1. The van der Waals surface area contributed by atoms with Crippen molar-refractivity contribution in [3.63, 3.8) is 0 Å². The van der Waals surface area contributed by atoms with Crippen molar-refractivity contribution in [2.75, 3.05) is 0 Å². The molecule has 0 saturated heterocycles. The number of nitrogens with zero attached hydrogens (tertiary/aromatic N) is 2. The Balaban J connectivity index is 1.95. The van der Waals surface area contributed by atoms with Gasteiger partial charge in [-0.15, -0.1) is 0 Å². The standard InChI is InChI=1S/C17H16N2O/c1-12-13(2)18-17-15(12)9-6-10-19(17)11-16(20)14-7-4-3-5-8-14/h3-10H,11H2,1-2H3. The first-order valence-corrected chi connectivity index (χ1v) is 6.67. The Morgan fingerprint density at radius 3 is 2.60 bits per heavy atom. The molecule has 100 valence electrons. The van der Waals surface area contributed by atoms with E-state index < -0.39 is 0 Å². The molecular weight excluding hydrogens is 248 g/mol. The molecule has 2 heterocycles. The van der Waals surface area contributed by atoms with E-state index in [-0.39, 0.29) is 5.78 Å². The van der Waals surface area contributed by atoms with Crippen LogP contribution in [0, 0.1) is 13.8 Å². The van der Waals surface area contributed by atoms with Gasteiger partial charge in [0, 0.05) is 23.0 Å². The molecule has 1 aromatic carbocycles. The van der Waals surface area contributed by atoms with Crippen molar-refractivity contribution < 1.29 is 4.79 Å². The molecule has 1 aromatic rings. The van der Waals surface area contributed by atoms with Crippen LogP contribution in [-0.2, 0) is 6.54 Å². The fourth-order valence-corrected chi connectivity index (χ4v) is 2.40. The number of aryl methyl sites for hydroxylation is 1. The molecule has 0 bridgehead atoms. The summed E-state index contributed by atoms with van der Waals surface area (Å²) in [5.74, 6) is 0.980. The first-order chi connectivity index (χ1) is 9.66. The highest BCUT2D eigenvalue weighted by molar-refractivity contribution is 5.96. The molecule has 0 N–H and O–H groups in total. The molecule has 20 heavy (non-hydrogen) atoms. The van der Waals surface area contributed by atoms with Gasteiger partial charge in [-0.25, -0.2) is 4.98 Å². The van der Waals surface area contributed by atoms with Crippen LogP contribution in [0.15, 0.2) is 48.7 Å². The summed E-state index contributed by atoms with van der Waals surface area (Å²) in [4.78, 5) is 16.9. The number of hydrogen-bond acceptors (Lipinski definition) is 2. The molecule has 0 fully saturated rings. The number of carbonyl (C=O) groups is 1. The maximum absolute atomic E-state index is 12.3. The number of ketones is 1. The third kappa shape index (κ3) is 2.11. The molecule has 0 atom stereocenters. The number of carbonyl (C=O) groups excluding carboxylic acids is 1. The lowest BCUT2D eigenvalue weighted by Gasteiger charge is -2.11. The Kier molecular flexibility index (Phi) is 3.11. The molecule has 0 radical (unpaired) electrons. The molecule has 0 spiro atoms. The predicted octanol–water partition coefficient (Wildman–Crippen LogP) is 3.49. The van der Waals surface area contributed by atoms with E-state index in [9.17, 15) is 4.79 Å². The third-order valence-electron chi connectivity index (χ3n) is 3.67. The van der Waals surface area contributed by atoms with Gasteiger partial charge in [0.1, 0.15) is 5.82 Å². The van der Waals surface area contributed by atoms with E-state index in [4.69, 9.17) is 0 Å². The molecule has 0 amide bonds. The highest BCUT2D eigenvalue weighted by Gasteiger charge is 2.16. The minimum atomic E-state index is 0.0985. The average molecular weight is 264 g/mol. The fraction of sp³-hybridized carbons (Fsp3) is 0.176. The second-order valence-electron chi connectivity index (χ2n) is 4.98. The summed E-state index contributed by atoms with van der Waals surface area (Å²) in [7, 11) is 0. The Labute approximate surface area is 118 Å². The summed E-state index contributed by atoms with van der Waals surface area (Å²) in [6.07, 6.45) is 1.91. The fourth-order valence-electron chi connectivity index (χ4n) is 2.40. The van der Waals surface area contributed by atoms with E-state index in [1.54, 1.807) is 0 Å². The molecule has 0 aliphatic carbocycles. The van der Waals surface area contributed by atoms with Crippen LogP contribution < -0.4 is 0 Å². The second kappa shape index (κ2) is 4.93. The summed E-state index contributed by atoms with van der Waals surface area (Å²) in [6.45, 7) is 4.38. The van der Waals surface area contributed by atoms with Gasteiger partial charge < -0.3 is 4.57 Å². The summed E-state index contributed by atoms with van der Waals surface area (Å²) in [6, 6.07) is 13.4. The third-order valence-corrected chi connectivity index (χ3v) is 3.67. The average Bonchev–Trinajstić information content (AvgIpc) is 2.77. The predicted molar refractivity (Wildman–Crippen MR) is 79.1 cm³/mol. The largest absolute Gasteiger partial charge is 0.325 e. The Morgan fingerprint density at radius 2 is 1.85 bits per heavy atom. The number of aromatic nitrogens is 2. The second-order valence-corrected chi connectivity index (χ2v) is 4.98. The highest BCUT2D eigenvalue weighted by Crippen LogP contribution is 2.27. The highest BCUT2D eigenvalue weighted by atomic mass is 16.1. The Bertz CT molecular complexity index is 728.